The second-order valence-electron chi connectivity index (χ2n) is 4.85. The molecule has 24 heavy (non-hydrogen) atoms. The average molecular weight is 330 g/mol. The van der Waals surface area contributed by atoms with Gasteiger partial charge in [0.1, 0.15) is 18.0 Å². The molecule has 7 heteroatoms. The third-order valence-corrected chi connectivity index (χ3v) is 3.26. The molecule has 126 valence electrons. The Morgan fingerprint density at radius 1 is 1.25 bits per heavy atom. The van der Waals surface area contributed by atoms with Crippen molar-refractivity contribution in [3.63, 3.8) is 0 Å². The summed E-state index contributed by atoms with van der Waals surface area (Å²) in [5.74, 6) is -0.202. The minimum absolute atomic E-state index is 0.0431. The summed E-state index contributed by atoms with van der Waals surface area (Å²) in [4.78, 5) is 22.8. The Morgan fingerprint density at radius 3 is 2.71 bits per heavy atom. The van der Waals surface area contributed by atoms with E-state index in [-0.39, 0.29) is 12.5 Å². The number of nitrogens with one attached hydrogen (secondary N) is 1. The van der Waals surface area contributed by atoms with Crippen LogP contribution < -0.4 is 14.8 Å². The first-order valence-electron chi connectivity index (χ1n) is 7.11. The molecule has 1 aromatic carbocycles. The van der Waals surface area contributed by atoms with E-state index in [0.29, 0.717) is 22.9 Å². The monoisotopic (exact) mass is 330 g/mol. The lowest BCUT2D eigenvalue weighted by Gasteiger charge is -2.12. The summed E-state index contributed by atoms with van der Waals surface area (Å²) in [5, 5.41) is 11.4. The van der Waals surface area contributed by atoms with Crippen molar-refractivity contribution in [3.05, 3.63) is 48.3 Å². The predicted octanol–water partition coefficient (Wildman–Crippen LogP) is 2.24. The molecule has 1 heterocycles. The zero-order valence-electron chi connectivity index (χ0n) is 13.4. The zero-order chi connectivity index (χ0) is 17.5. The van der Waals surface area contributed by atoms with Crippen molar-refractivity contribution in [1.82, 2.24) is 4.57 Å². The number of carbonyl (C=O) groups is 2. The summed E-state index contributed by atoms with van der Waals surface area (Å²) >= 11 is 0. The van der Waals surface area contributed by atoms with Crippen molar-refractivity contribution in [3.8, 4) is 11.5 Å². The molecule has 0 radical (unpaired) electrons. The number of aromatic nitrogens is 1. The maximum absolute atomic E-state index is 12.2. The third kappa shape index (κ3) is 4.39. The largest absolute Gasteiger partial charge is 0.497 e. The van der Waals surface area contributed by atoms with E-state index in [4.69, 9.17) is 14.6 Å². The van der Waals surface area contributed by atoms with Crippen molar-refractivity contribution >= 4 is 23.6 Å². The number of carboxylic acids is 1. The molecular weight excluding hydrogens is 312 g/mol. The number of carbonyl (C=O) groups excluding carboxylic acids is 1. The number of rotatable bonds is 7. The molecule has 2 aromatic rings. The highest BCUT2D eigenvalue weighted by Crippen LogP contribution is 2.29. The van der Waals surface area contributed by atoms with Gasteiger partial charge in [-0.3, -0.25) is 4.79 Å². The Labute approximate surface area is 139 Å². The van der Waals surface area contributed by atoms with Crippen molar-refractivity contribution < 1.29 is 24.2 Å². The van der Waals surface area contributed by atoms with Crippen LogP contribution in [0.3, 0.4) is 0 Å². The summed E-state index contributed by atoms with van der Waals surface area (Å²) in [6, 6.07) is 8.54. The third-order valence-electron chi connectivity index (χ3n) is 3.26. The number of carboxylic acid groups (broad SMARTS) is 1. The molecule has 0 aliphatic carbocycles. The Hall–Kier alpha value is -3.22. The predicted molar refractivity (Wildman–Crippen MR) is 89.3 cm³/mol. The van der Waals surface area contributed by atoms with Gasteiger partial charge >= 0.3 is 5.97 Å². The molecule has 0 unspecified atom stereocenters. The maximum Gasteiger partial charge on any atom is 0.328 e. The van der Waals surface area contributed by atoms with Crippen LogP contribution >= 0.6 is 0 Å². The van der Waals surface area contributed by atoms with Gasteiger partial charge in [0.2, 0.25) is 5.91 Å². The number of aliphatic carboxylic acids is 1. The fourth-order valence-corrected chi connectivity index (χ4v) is 2.13. The first-order valence-corrected chi connectivity index (χ1v) is 7.11. The van der Waals surface area contributed by atoms with Gasteiger partial charge in [-0.15, -0.1) is 0 Å². The molecule has 2 N–H and O–H groups in total. The van der Waals surface area contributed by atoms with Gasteiger partial charge in [-0.2, -0.15) is 0 Å². The molecule has 0 saturated carbocycles. The average Bonchev–Trinajstić information content (AvgIpc) is 3.00. The minimum atomic E-state index is -1.05. The number of anilines is 1. The zero-order valence-corrected chi connectivity index (χ0v) is 13.4. The molecular formula is C17H18N2O5. The summed E-state index contributed by atoms with van der Waals surface area (Å²) in [7, 11) is 3.05. The molecule has 1 amide bonds. The van der Waals surface area contributed by atoms with Crippen LogP contribution in [0.25, 0.3) is 6.08 Å². The summed E-state index contributed by atoms with van der Waals surface area (Å²) < 4.78 is 12.0. The van der Waals surface area contributed by atoms with Gasteiger partial charge in [0.05, 0.1) is 19.9 Å². The first-order chi connectivity index (χ1) is 11.5. The molecule has 0 fully saturated rings. The molecule has 0 aliphatic heterocycles. The SMILES string of the molecule is COc1ccc(NC(=O)Cn2cccc2/C=C/C(=O)O)c(OC)c1. The van der Waals surface area contributed by atoms with Crippen LogP contribution in [0.15, 0.2) is 42.6 Å². The molecule has 0 bridgehead atoms. The van der Waals surface area contributed by atoms with Crippen LogP contribution in [0.4, 0.5) is 5.69 Å². The quantitative estimate of drug-likeness (QED) is 0.760. The van der Waals surface area contributed by atoms with E-state index in [1.807, 2.05) is 0 Å². The normalized spacial score (nSPS) is 10.6. The van der Waals surface area contributed by atoms with Crippen LogP contribution in [0.5, 0.6) is 11.5 Å². The number of hydrogen-bond acceptors (Lipinski definition) is 4. The minimum Gasteiger partial charge on any atom is -0.497 e. The van der Waals surface area contributed by atoms with Crippen LogP contribution in [0.1, 0.15) is 5.69 Å². The summed E-state index contributed by atoms with van der Waals surface area (Å²) in [6.07, 6.45) is 4.16. The Morgan fingerprint density at radius 2 is 2.04 bits per heavy atom. The van der Waals surface area contributed by atoms with E-state index in [1.54, 1.807) is 48.2 Å². The topological polar surface area (TPSA) is 89.8 Å². The standard InChI is InChI=1S/C17H18N2O5/c1-23-13-6-7-14(15(10-13)24-2)18-16(20)11-19-9-3-4-12(19)5-8-17(21)22/h3-10H,11H2,1-2H3,(H,18,20)(H,21,22)/b8-5+. The van der Waals surface area contributed by atoms with E-state index >= 15 is 0 Å². The molecule has 7 nitrogen and oxygen atoms in total. The maximum atomic E-state index is 12.2. The van der Waals surface area contributed by atoms with Crippen molar-refractivity contribution in [1.29, 1.82) is 0 Å². The lowest BCUT2D eigenvalue weighted by atomic mass is 10.2. The van der Waals surface area contributed by atoms with E-state index in [0.717, 1.165) is 6.08 Å². The van der Waals surface area contributed by atoms with E-state index < -0.39 is 5.97 Å². The number of hydrogen-bond donors (Lipinski definition) is 2. The van der Waals surface area contributed by atoms with Gasteiger partial charge in [0.15, 0.2) is 0 Å². The van der Waals surface area contributed by atoms with E-state index in [1.165, 1.54) is 13.2 Å². The van der Waals surface area contributed by atoms with Crippen molar-refractivity contribution in [2.75, 3.05) is 19.5 Å². The highest BCUT2D eigenvalue weighted by Gasteiger charge is 2.10. The van der Waals surface area contributed by atoms with Crippen molar-refractivity contribution in [2.45, 2.75) is 6.54 Å². The molecule has 0 spiro atoms. The highest BCUT2D eigenvalue weighted by molar-refractivity contribution is 5.92. The first kappa shape index (κ1) is 17.1. The summed E-state index contributed by atoms with van der Waals surface area (Å²) in [6.45, 7) is 0.0431. The molecule has 0 saturated heterocycles. The second-order valence-corrected chi connectivity index (χ2v) is 4.85. The van der Waals surface area contributed by atoms with Crippen molar-refractivity contribution in [2.24, 2.45) is 0 Å². The van der Waals surface area contributed by atoms with E-state index in [9.17, 15) is 9.59 Å². The number of amides is 1. The lowest BCUT2D eigenvalue weighted by molar-refractivity contribution is -0.131. The van der Waals surface area contributed by atoms with Gasteiger partial charge in [0.25, 0.3) is 0 Å². The molecule has 0 aliphatic rings. The molecule has 0 atom stereocenters. The smallest absolute Gasteiger partial charge is 0.328 e. The number of ether oxygens (including phenoxy) is 2. The van der Waals surface area contributed by atoms with Gasteiger partial charge in [-0.25, -0.2) is 4.79 Å². The lowest BCUT2D eigenvalue weighted by Crippen LogP contribution is -2.19. The fraction of sp³-hybridized carbons (Fsp3) is 0.176. The highest BCUT2D eigenvalue weighted by atomic mass is 16.5. The van der Waals surface area contributed by atoms with Gasteiger partial charge < -0.3 is 24.5 Å². The van der Waals surface area contributed by atoms with Crippen LogP contribution in [0, 0.1) is 0 Å². The molecule has 1 aromatic heterocycles. The Bertz CT molecular complexity index is 764. The fourth-order valence-electron chi connectivity index (χ4n) is 2.13. The Kier molecular flexibility index (Phi) is 5.62. The number of nitrogens with zero attached hydrogens (tertiary/aromatic N) is 1. The Balaban J connectivity index is 2.09. The van der Waals surface area contributed by atoms with Gasteiger partial charge in [0, 0.05) is 24.0 Å². The van der Waals surface area contributed by atoms with Crippen LogP contribution in [0.2, 0.25) is 0 Å². The van der Waals surface area contributed by atoms with Gasteiger partial charge in [-0.1, -0.05) is 0 Å². The van der Waals surface area contributed by atoms with Gasteiger partial charge in [-0.05, 0) is 30.3 Å². The molecule has 2 rings (SSSR count). The number of benzene rings is 1. The van der Waals surface area contributed by atoms with E-state index in [2.05, 4.69) is 5.32 Å². The van der Waals surface area contributed by atoms with Crippen LogP contribution in [-0.4, -0.2) is 35.8 Å². The summed E-state index contributed by atoms with van der Waals surface area (Å²) in [5.41, 5.74) is 1.15. The second kappa shape index (κ2) is 7.87. The van der Waals surface area contributed by atoms with Crippen LogP contribution in [-0.2, 0) is 16.1 Å². The number of methoxy groups -OCH3 is 2.